The summed E-state index contributed by atoms with van der Waals surface area (Å²) < 4.78 is 1.51. The number of aromatic nitrogens is 2. The van der Waals surface area contributed by atoms with Crippen LogP contribution in [-0.4, -0.2) is 27.8 Å². The lowest BCUT2D eigenvalue weighted by atomic mass is 10.2. The third kappa shape index (κ3) is 3.65. The second-order valence-corrected chi connectivity index (χ2v) is 6.98. The summed E-state index contributed by atoms with van der Waals surface area (Å²) in [4.78, 5) is 31.5. The van der Waals surface area contributed by atoms with E-state index in [1.165, 1.54) is 16.3 Å². The molecule has 0 unspecified atom stereocenters. The highest BCUT2D eigenvalue weighted by Crippen LogP contribution is 2.20. The summed E-state index contributed by atoms with van der Waals surface area (Å²) in [5.74, 6) is 0.211. The number of hydrogen-bond donors (Lipinski definition) is 0. The molecule has 0 saturated heterocycles. The average molecular weight is 367 g/mol. The topological polar surface area (TPSA) is 55.2 Å². The van der Waals surface area contributed by atoms with Crippen molar-refractivity contribution in [1.82, 2.24) is 9.55 Å². The zero-order valence-electron chi connectivity index (χ0n) is 15.1. The summed E-state index contributed by atoms with van der Waals surface area (Å²) in [5.41, 5.74) is 2.46. The zero-order chi connectivity index (χ0) is 18.7. The van der Waals surface area contributed by atoms with E-state index in [1.807, 2.05) is 62.4 Å². The van der Waals surface area contributed by atoms with E-state index in [0.29, 0.717) is 22.6 Å². The Kier molecular flexibility index (Phi) is 5.42. The molecule has 1 aromatic heterocycles. The minimum absolute atomic E-state index is 0.0121. The van der Waals surface area contributed by atoms with Crippen LogP contribution in [-0.2, 0) is 11.8 Å². The lowest BCUT2D eigenvalue weighted by Crippen LogP contribution is -2.32. The van der Waals surface area contributed by atoms with E-state index >= 15 is 0 Å². The number of thioether (sulfide) groups is 1. The molecule has 1 heterocycles. The minimum atomic E-state index is -0.0935. The van der Waals surface area contributed by atoms with Crippen LogP contribution in [0.2, 0.25) is 0 Å². The van der Waals surface area contributed by atoms with Crippen molar-refractivity contribution in [1.29, 1.82) is 0 Å². The van der Waals surface area contributed by atoms with Crippen LogP contribution in [0.25, 0.3) is 10.9 Å². The van der Waals surface area contributed by atoms with Gasteiger partial charge in [0, 0.05) is 19.3 Å². The van der Waals surface area contributed by atoms with Crippen LogP contribution in [0, 0.1) is 6.92 Å². The predicted molar refractivity (Wildman–Crippen MR) is 107 cm³/mol. The lowest BCUT2D eigenvalue weighted by molar-refractivity contribution is -0.116. The molecule has 0 atom stereocenters. The smallest absolute Gasteiger partial charge is 0.261 e. The first-order chi connectivity index (χ1) is 12.5. The van der Waals surface area contributed by atoms with Gasteiger partial charge in [-0.15, -0.1) is 0 Å². The van der Waals surface area contributed by atoms with E-state index in [4.69, 9.17) is 0 Å². The molecule has 6 heteroatoms. The number of nitrogens with zero attached hydrogens (tertiary/aromatic N) is 3. The van der Waals surface area contributed by atoms with Gasteiger partial charge in [-0.2, -0.15) is 0 Å². The molecule has 0 bridgehead atoms. The molecule has 0 fully saturated rings. The number of benzene rings is 2. The number of para-hydroxylation sites is 1. The van der Waals surface area contributed by atoms with Gasteiger partial charge in [-0.3, -0.25) is 14.2 Å². The molecule has 0 radical (unpaired) electrons. The molecular formula is C20H21N3O2S. The third-order valence-corrected chi connectivity index (χ3v) is 5.21. The number of hydrogen-bond acceptors (Lipinski definition) is 4. The molecule has 5 nitrogen and oxygen atoms in total. The first-order valence-corrected chi connectivity index (χ1v) is 9.45. The van der Waals surface area contributed by atoms with Crippen LogP contribution in [0.5, 0.6) is 0 Å². The van der Waals surface area contributed by atoms with Gasteiger partial charge in [-0.25, -0.2) is 4.98 Å². The maximum Gasteiger partial charge on any atom is 0.261 e. The van der Waals surface area contributed by atoms with Crippen molar-refractivity contribution in [3.05, 3.63) is 64.4 Å². The molecule has 3 rings (SSSR count). The van der Waals surface area contributed by atoms with Crippen molar-refractivity contribution < 1.29 is 4.79 Å². The SMILES string of the molecule is CCN(C(=O)CSc1nc2ccc(C)cc2c(=O)n1C)c1ccccc1. The van der Waals surface area contributed by atoms with E-state index in [-0.39, 0.29) is 17.2 Å². The number of carbonyl (C=O) groups excluding carboxylic acids is 1. The molecule has 0 N–H and O–H groups in total. The van der Waals surface area contributed by atoms with Crippen molar-refractivity contribution in [3.8, 4) is 0 Å². The average Bonchev–Trinajstić information content (AvgIpc) is 2.65. The Hall–Kier alpha value is -2.60. The highest BCUT2D eigenvalue weighted by atomic mass is 32.2. The Morgan fingerprint density at radius 3 is 2.62 bits per heavy atom. The number of anilines is 1. The van der Waals surface area contributed by atoms with Crippen LogP contribution in [0.3, 0.4) is 0 Å². The molecule has 1 amide bonds. The number of amides is 1. The van der Waals surface area contributed by atoms with E-state index in [0.717, 1.165) is 11.3 Å². The monoisotopic (exact) mass is 367 g/mol. The fourth-order valence-corrected chi connectivity index (χ4v) is 3.66. The fourth-order valence-electron chi connectivity index (χ4n) is 2.81. The van der Waals surface area contributed by atoms with E-state index in [9.17, 15) is 9.59 Å². The van der Waals surface area contributed by atoms with Crippen LogP contribution >= 0.6 is 11.8 Å². The van der Waals surface area contributed by atoms with Crippen LogP contribution < -0.4 is 10.5 Å². The maximum absolute atomic E-state index is 12.6. The van der Waals surface area contributed by atoms with Crippen molar-refractivity contribution in [2.75, 3.05) is 17.2 Å². The van der Waals surface area contributed by atoms with Crippen molar-refractivity contribution in [2.24, 2.45) is 7.05 Å². The van der Waals surface area contributed by atoms with Gasteiger partial charge in [0.2, 0.25) is 5.91 Å². The largest absolute Gasteiger partial charge is 0.312 e. The summed E-state index contributed by atoms with van der Waals surface area (Å²) in [5, 5.41) is 1.14. The highest BCUT2D eigenvalue weighted by Gasteiger charge is 2.16. The molecule has 0 spiro atoms. The van der Waals surface area contributed by atoms with Crippen LogP contribution in [0.1, 0.15) is 12.5 Å². The van der Waals surface area contributed by atoms with Gasteiger partial charge in [-0.1, -0.05) is 41.6 Å². The molecule has 134 valence electrons. The summed E-state index contributed by atoms with van der Waals surface area (Å²) in [7, 11) is 1.69. The first-order valence-electron chi connectivity index (χ1n) is 8.47. The summed E-state index contributed by atoms with van der Waals surface area (Å²) in [6.45, 7) is 4.48. The van der Waals surface area contributed by atoms with Gasteiger partial charge in [0.1, 0.15) is 0 Å². The Balaban J connectivity index is 1.83. The number of carbonyl (C=O) groups is 1. The van der Waals surface area contributed by atoms with Gasteiger partial charge in [-0.05, 0) is 38.1 Å². The number of rotatable bonds is 5. The minimum Gasteiger partial charge on any atom is -0.312 e. The molecule has 26 heavy (non-hydrogen) atoms. The van der Waals surface area contributed by atoms with Gasteiger partial charge in [0.15, 0.2) is 5.16 Å². The lowest BCUT2D eigenvalue weighted by Gasteiger charge is -2.21. The van der Waals surface area contributed by atoms with Crippen molar-refractivity contribution in [2.45, 2.75) is 19.0 Å². The summed E-state index contributed by atoms with van der Waals surface area (Å²) in [6, 6.07) is 15.2. The molecule has 0 aliphatic carbocycles. The van der Waals surface area contributed by atoms with Crippen LogP contribution in [0.15, 0.2) is 58.5 Å². The van der Waals surface area contributed by atoms with Crippen molar-refractivity contribution >= 4 is 34.3 Å². The number of fused-ring (bicyclic) bond motifs is 1. The summed E-state index contributed by atoms with van der Waals surface area (Å²) in [6.07, 6.45) is 0. The Bertz CT molecular complexity index is 999. The van der Waals surface area contributed by atoms with Gasteiger partial charge >= 0.3 is 0 Å². The van der Waals surface area contributed by atoms with E-state index in [2.05, 4.69) is 4.98 Å². The van der Waals surface area contributed by atoms with E-state index in [1.54, 1.807) is 11.9 Å². The normalized spacial score (nSPS) is 10.9. The first kappa shape index (κ1) is 18.2. The molecule has 2 aromatic carbocycles. The Morgan fingerprint density at radius 1 is 1.19 bits per heavy atom. The van der Waals surface area contributed by atoms with Gasteiger partial charge in [0.05, 0.1) is 16.7 Å². The second-order valence-electron chi connectivity index (χ2n) is 6.04. The van der Waals surface area contributed by atoms with Gasteiger partial charge < -0.3 is 4.90 Å². The summed E-state index contributed by atoms with van der Waals surface area (Å²) >= 11 is 1.29. The molecule has 0 aliphatic rings. The zero-order valence-corrected chi connectivity index (χ0v) is 15.9. The molecule has 3 aromatic rings. The molecule has 0 saturated carbocycles. The van der Waals surface area contributed by atoms with Crippen LogP contribution in [0.4, 0.5) is 5.69 Å². The quantitative estimate of drug-likeness (QED) is 0.512. The maximum atomic E-state index is 12.6. The van der Waals surface area contributed by atoms with Crippen molar-refractivity contribution in [3.63, 3.8) is 0 Å². The highest BCUT2D eigenvalue weighted by molar-refractivity contribution is 7.99. The predicted octanol–water partition coefficient (Wildman–Crippen LogP) is 3.39. The Labute approximate surface area is 156 Å². The standard InChI is InChI=1S/C20H21N3O2S/c1-4-23(15-8-6-5-7-9-15)18(24)13-26-20-21-17-11-10-14(2)12-16(17)19(25)22(20)3/h5-12H,4,13H2,1-3H3. The second kappa shape index (κ2) is 7.74. The van der Waals surface area contributed by atoms with E-state index < -0.39 is 0 Å². The number of aryl methyl sites for hydroxylation is 1. The third-order valence-electron chi connectivity index (χ3n) is 4.20. The van der Waals surface area contributed by atoms with Gasteiger partial charge in [0.25, 0.3) is 5.56 Å². The fraction of sp³-hybridized carbons (Fsp3) is 0.250. The molecule has 0 aliphatic heterocycles. The molecular weight excluding hydrogens is 346 g/mol. The Morgan fingerprint density at radius 2 is 1.92 bits per heavy atom.